The van der Waals surface area contributed by atoms with Gasteiger partial charge < -0.3 is 4.74 Å². The molecule has 2 aromatic heterocycles. The fourth-order valence-corrected chi connectivity index (χ4v) is 4.32. The monoisotopic (exact) mass is 360 g/mol. The minimum atomic E-state index is 0.249. The SMILES string of the molecule is CCCCSc1ncc(CN2CC[C@@H]3OCc4cnnn4[C@H]3C2)cn1. The lowest BCUT2D eigenvalue weighted by Gasteiger charge is -2.40. The zero-order chi connectivity index (χ0) is 17.1. The number of hydrogen-bond acceptors (Lipinski definition) is 7. The average molecular weight is 360 g/mol. The summed E-state index contributed by atoms with van der Waals surface area (Å²) in [6.45, 7) is 5.64. The number of fused-ring (bicyclic) bond motifs is 3. The Balaban J connectivity index is 1.36. The third kappa shape index (κ3) is 3.86. The summed E-state index contributed by atoms with van der Waals surface area (Å²) in [6.07, 6.45) is 9.42. The van der Waals surface area contributed by atoms with Crippen molar-refractivity contribution < 1.29 is 4.74 Å². The minimum Gasteiger partial charge on any atom is -0.370 e. The van der Waals surface area contributed by atoms with Gasteiger partial charge in [-0.2, -0.15) is 0 Å². The van der Waals surface area contributed by atoms with E-state index in [4.69, 9.17) is 4.74 Å². The molecule has 0 amide bonds. The predicted octanol–water partition coefficient (Wildman–Crippen LogP) is 2.31. The Bertz CT molecular complexity index is 691. The van der Waals surface area contributed by atoms with Gasteiger partial charge in [0, 0.05) is 43.3 Å². The van der Waals surface area contributed by atoms with Crippen molar-refractivity contribution in [1.29, 1.82) is 0 Å². The van der Waals surface area contributed by atoms with E-state index in [-0.39, 0.29) is 12.1 Å². The Hall–Kier alpha value is -1.51. The first kappa shape index (κ1) is 16.9. The highest BCUT2D eigenvalue weighted by molar-refractivity contribution is 7.99. The summed E-state index contributed by atoms with van der Waals surface area (Å²) in [5.74, 6) is 1.09. The molecule has 0 radical (unpaired) electrons. The van der Waals surface area contributed by atoms with Crippen LogP contribution < -0.4 is 0 Å². The van der Waals surface area contributed by atoms with E-state index < -0.39 is 0 Å². The molecule has 25 heavy (non-hydrogen) atoms. The van der Waals surface area contributed by atoms with Gasteiger partial charge in [0.05, 0.1) is 30.6 Å². The van der Waals surface area contributed by atoms with Crippen molar-refractivity contribution in [2.75, 3.05) is 18.8 Å². The van der Waals surface area contributed by atoms with Gasteiger partial charge in [-0.1, -0.05) is 30.3 Å². The largest absolute Gasteiger partial charge is 0.370 e. The molecule has 7 nitrogen and oxygen atoms in total. The fraction of sp³-hybridized carbons (Fsp3) is 0.647. The second kappa shape index (κ2) is 7.80. The molecular weight excluding hydrogens is 336 g/mol. The minimum absolute atomic E-state index is 0.249. The molecular formula is C17H24N6OS. The van der Waals surface area contributed by atoms with Crippen LogP contribution in [0.25, 0.3) is 0 Å². The van der Waals surface area contributed by atoms with Crippen molar-refractivity contribution in [3.05, 3.63) is 29.8 Å². The van der Waals surface area contributed by atoms with Gasteiger partial charge in [-0.3, -0.25) is 4.90 Å². The quantitative estimate of drug-likeness (QED) is 0.445. The lowest BCUT2D eigenvalue weighted by molar-refractivity contribution is -0.0670. The Kier molecular flexibility index (Phi) is 5.28. The number of unbranched alkanes of at least 4 members (excludes halogenated alkanes) is 1. The number of nitrogens with zero attached hydrogens (tertiary/aromatic N) is 6. The molecule has 0 bridgehead atoms. The topological polar surface area (TPSA) is 69.0 Å². The van der Waals surface area contributed by atoms with Crippen LogP contribution in [0.1, 0.15) is 43.5 Å². The van der Waals surface area contributed by atoms with Gasteiger partial charge in [0.15, 0.2) is 5.16 Å². The van der Waals surface area contributed by atoms with E-state index in [0.717, 1.165) is 48.2 Å². The average Bonchev–Trinajstić information content (AvgIpc) is 3.13. The van der Waals surface area contributed by atoms with Crippen LogP contribution in [0.2, 0.25) is 0 Å². The van der Waals surface area contributed by atoms with Crippen LogP contribution in [0.4, 0.5) is 0 Å². The summed E-state index contributed by atoms with van der Waals surface area (Å²) in [7, 11) is 0. The van der Waals surface area contributed by atoms with Crippen LogP contribution in [-0.2, 0) is 17.9 Å². The maximum atomic E-state index is 5.97. The third-order valence-corrected chi connectivity index (χ3v) is 5.79. The summed E-state index contributed by atoms with van der Waals surface area (Å²) in [6, 6.07) is 0.254. The van der Waals surface area contributed by atoms with Crippen LogP contribution in [0, 0.1) is 0 Å². The molecule has 2 aliphatic heterocycles. The maximum Gasteiger partial charge on any atom is 0.187 e. The Morgan fingerprint density at radius 2 is 2.16 bits per heavy atom. The molecule has 2 aromatic rings. The number of rotatable bonds is 6. The number of hydrogen-bond donors (Lipinski definition) is 0. The number of aromatic nitrogens is 5. The van der Waals surface area contributed by atoms with E-state index in [0.29, 0.717) is 6.61 Å². The van der Waals surface area contributed by atoms with E-state index in [9.17, 15) is 0 Å². The van der Waals surface area contributed by atoms with Crippen LogP contribution in [-0.4, -0.2) is 54.8 Å². The van der Waals surface area contributed by atoms with Crippen LogP contribution >= 0.6 is 11.8 Å². The molecule has 4 heterocycles. The summed E-state index contributed by atoms with van der Waals surface area (Å²) >= 11 is 1.74. The number of piperidine rings is 1. The molecule has 2 aliphatic rings. The van der Waals surface area contributed by atoms with Gasteiger partial charge in [-0.25, -0.2) is 14.6 Å². The molecule has 1 fully saturated rings. The van der Waals surface area contributed by atoms with Gasteiger partial charge in [0.2, 0.25) is 0 Å². The summed E-state index contributed by atoms with van der Waals surface area (Å²) < 4.78 is 8.02. The van der Waals surface area contributed by atoms with Gasteiger partial charge in [-0.15, -0.1) is 5.10 Å². The summed E-state index contributed by atoms with van der Waals surface area (Å²) in [5, 5.41) is 9.18. The number of likely N-dealkylation sites (tertiary alicyclic amines) is 1. The molecule has 0 aromatic carbocycles. The molecule has 1 saturated heterocycles. The molecule has 0 saturated carbocycles. The molecule has 8 heteroatoms. The van der Waals surface area contributed by atoms with Crippen LogP contribution in [0.15, 0.2) is 23.7 Å². The van der Waals surface area contributed by atoms with E-state index in [1.54, 1.807) is 18.0 Å². The second-order valence-electron chi connectivity index (χ2n) is 6.69. The van der Waals surface area contributed by atoms with Crippen molar-refractivity contribution >= 4 is 11.8 Å². The Morgan fingerprint density at radius 3 is 3.00 bits per heavy atom. The normalized spacial score (nSPS) is 23.2. The standard InChI is InChI=1S/C17H24N6OS/c1-2-3-6-25-17-18-7-13(8-19-17)10-22-5-4-16-15(11-22)23-14(12-24-16)9-20-21-23/h7-9,15-16H,2-6,10-12H2,1H3/t15-,16-/m0/s1. The molecule has 0 aliphatic carbocycles. The van der Waals surface area contributed by atoms with E-state index >= 15 is 0 Å². The number of ether oxygens (including phenoxy) is 1. The highest BCUT2D eigenvalue weighted by atomic mass is 32.2. The fourth-order valence-electron chi connectivity index (χ4n) is 3.45. The van der Waals surface area contributed by atoms with Crippen molar-refractivity contribution in [3.8, 4) is 0 Å². The first-order valence-corrected chi connectivity index (χ1v) is 9.99. The molecule has 0 unspecified atom stereocenters. The van der Waals surface area contributed by atoms with Crippen molar-refractivity contribution in [3.63, 3.8) is 0 Å². The van der Waals surface area contributed by atoms with E-state index in [1.807, 2.05) is 17.1 Å². The highest BCUT2D eigenvalue weighted by Gasteiger charge is 2.36. The second-order valence-corrected chi connectivity index (χ2v) is 7.75. The summed E-state index contributed by atoms with van der Waals surface area (Å²) in [4.78, 5) is 11.4. The smallest absolute Gasteiger partial charge is 0.187 e. The first-order chi connectivity index (χ1) is 12.3. The lowest BCUT2D eigenvalue weighted by Crippen LogP contribution is -2.47. The van der Waals surface area contributed by atoms with Crippen LogP contribution in [0.5, 0.6) is 0 Å². The lowest BCUT2D eigenvalue weighted by atomic mass is 10.00. The van der Waals surface area contributed by atoms with Gasteiger partial charge in [0.1, 0.15) is 0 Å². The van der Waals surface area contributed by atoms with Crippen LogP contribution in [0.3, 0.4) is 0 Å². The van der Waals surface area contributed by atoms with Crippen molar-refractivity contribution in [2.24, 2.45) is 0 Å². The molecule has 4 rings (SSSR count). The van der Waals surface area contributed by atoms with Crippen molar-refractivity contribution in [1.82, 2.24) is 29.9 Å². The Morgan fingerprint density at radius 1 is 1.28 bits per heavy atom. The first-order valence-electron chi connectivity index (χ1n) is 9.00. The van der Waals surface area contributed by atoms with Gasteiger partial charge in [-0.05, 0) is 12.8 Å². The highest BCUT2D eigenvalue weighted by Crippen LogP contribution is 2.30. The molecule has 134 valence electrons. The predicted molar refractivity (Wildman–Crippen MR) is 95.2 cm³/mol. The van der Waals surface area contributed by atoms with Gasteiger partial charge in [0.25, 0.3) is 0 Å². The summed E-state index contributed by atoms with van der Waals surface area (Å²) in [5.41, 5.74) is 2.23. The zero-order valence-electron chi connectivity index (χ0n) is 14.5. The molecule has 0 N–H and O–H groups in total. The van der Waals surface area contributed by atoms with Gasteiger partial charge >= 0.3 is 0 Å². The zero-order valence-corrected chi connectivity index (χ0v) is 15.4. The maximum absolute atomic E-state index is 5.97. The Labute approximate surface area is 152 Å². The van der Waals surface area contributed by atoms with E-state index in [1.165, 1.54) is 12.8 Å². The molecule has 0 spiro atoms. The third-order valence-electron chi connectivity index (χ3n) is 4.83. The molecule has 2 atom stereocenters. The number of thioether (sulfide) groups is 1. The van der Waals surface area contributed by atoms with Crippen molar-refractivity contribution in [2.45, 2.75) is 56.6 Å². The van der Waals surface area contributed by atoms with E-state index in [2.05, 4.69) is 32.1 Å².